The Morgan fingerprint density at radius 1 is 1.33 bits per heavy atom. The van der Waals surface area contributed by atoms with E-state index in [1.54, 1.807) is 17.8 Å². The smallest absolute Gasteiger partial charge is 0.345 e. The first-order chi connectivity index (χ1) is 12.9. The number of thiocarbonyl (C=S) groups is 1. The summed E-state index contributed by atoms with van der Waals surface area (Å²) in [4.78, 5) is 14.8. The van der Waals surface area contributed by atoms with Gasteiger partial charge in [0.15, 0.2) is 0 Å². The van der Waals surface area contributed by atoms with Gasteiger partial charge >= 0.3 is 5.97 Å². The Morgan fingerprint density at radius 2 is 2.07 bits per heavy atom. The van der Waals surface area contributed by atoms with Crippen molar-refractivity contribution in [3.05, 3.63) is 51.2 Å². The molecule has 1 N–H and O–H groups in total. The Kier molecular flexibility index (Phi) is 7.76. The van der Waals surface area contributed by atoms with E-state index in [0.29, 0.717) is 34.8 Å². The summed E-state index contributed by atoms with van der Waals surface area (Å²) in [5.41, 5.74) is 0. The Labute approximate surface area is 185 Å². The second-order valence-electron chi connectivity index (χ2n) is 6.31. The maximum absolute atomic E-state index is 11.0. The van der Waals surface area contributed by atoms with Crippen molar-refractivity contribution in [3.8, 4) is 0 Å². The van der Waals surface area contributed by atoms with Crippen LogP contribution in [0.15, 0.2) is 41.3 Å². The highest BCUT2D eigenvalue weighted by Gasteiger charge is 2.38. The van der Waals surface area contributed by atoms with Crippen LogP contribution in [0, 0.1) is 11.8 Å². The lowest BCUT2D eigenvalue weighted by atomic mass is 9.99. The lowest BCUT2D eigenvalue weighted by Gasteiger charge is -2.21. The second-order valence-corrected chi connectivity index (χ2v) is 10.7. The van der Waals surface area contributed by atoms with Crippen molar-refractivity contribution in [2.45, 2.75) is 22.8 Å². The number of carboxylic acid groups (broad SMARTS) is 1. The normalized spacial score (nSPS) is 22.3. The average molecular weight is 506 g/mol. The number of alkyl halides is 1. The van der Waals surface area contributed by atoms with Crippen molar-refractivity contribution >= 4 is 73.7 Å². The molecule has 1 fully saturated rings. The topological polar surface area (TPSA) is 46.5 Å². The molecule has 0 aliphatic heterocycles. The molecule has 2 aromatic rings. The summed E-state index contributed by atoms with van der Waals surface area (Å²) in [5, 5.41) is 9.74. The van der Waals surface area contributed by atoms with Crippen LogP contribution < -0.4 is 0 Å². The summed E-state index contributed by atoms with van der Waals surface area (Å²) in [5.74, 6) is 0.644. The first-order valence-corrected chi connectivity index (χ1v) is 11.9. The third kappa shape index (κ3) is 5.78. The number of carboxylic acids is 1. The quantitative estimate of drug-likeness (QED) is 0.264. The molecule has 144 valence electrons. The van der Waals surface area contributed by atoms with Crippen LogP contribution in [0.3, 0.4) is 0 Å². The molecular weight excluding hydrogens is 488 g/mol. The summed E-state index contributed by atoms with van der Waals surface area (Å²) in [6.07, 6.45) is 0.886. The highest BCUT2D eigenvalue weighted by Crippen LogP contribution is 2.39. The standard InChI is InChI=1S/C19H18BrClO3S3/c20-16-7-17(25)15(10-26-12-3-1-11(21)2-4-12)14(16)9-24-8-13-5-6-18(27-13)19(22)23/h1-6,14-16H,7-10H2,(H,22,23)/t14-,15-,16?/m1/s1. The van der Waals surface area contributed by atoms with Crippen LogP contribution in [0.25, 0.3) is 0 Å². The molecule has 27 heavy (non-hydrogen) atoms. The van der Waals surface area contributed by atoms with Gasteiger partial charge in [-0.1, -0.05) is 39.7 Å². The monoisotopic (exact) mass is 504 g/mol. The van der Waals surface area contributed by atoms with Crippen LogP contribution in [-0.2, 0) is 11.3 Å². The molecule has 0 saturated heterocycles. The zero-order valence-electron chi connectivity index (χ0n) is 14.3. The molecular formula is C19H18BrClO3S3. The molecule has 0 bridgehead atoms. The Bertz CT molecular complexity index is 809. The Balaban J connectivity index is 1.54. The number of rotatable bonds is 8. The zero-order valence-corrected chi connectivity index (χ0v) is 19.1. The van der Waals surface area contributed by atoms with Crippen molar-refractivity contribution in [3.63, 3.8) is 0 Å². The summed E-state index contributed by atoms with van der Waals surface area (Å²) in [7, 11) is 0. The Hall–Kier alpha value is -0.440. The van der Waals surface area contributed by atoms with Crippen LogP contribution in [0.1, 0.15) is 21.0 Å². The van der Waals surface area contributed by atoms with Crippen molar-refractivity contribution in [1.29, 1.82) is 0 Å². The van der Waals surface area contributed by atoms with Gasteiger partial charge in [-0.25, -0.2) is 4.79 Å². The van der Waals surface area contributed by atoms with Gasteiger partial charge in [0.1, 0.15) is 4.88 Å². The van der Waals surface area contributed by atoms with E-state index in [9.17, 15) is 4.79 Å². The maximum Gasteiger partial charge on any atom is 0.345 e. The number of thiophene rings is 1. The summed E-state index contributed by atoms with van der Waals surface area (Å²) in [6, 6.07) is 11.3. The fraction of sp³-hybridized carbons (Fsp3) is 0.368. The fourth-order valence-electron chi connectivity index (χ4n) is 3.01. The van der Waals surface area contributed by atoms with Gasteiger partial charge in [-0.05, 0) is 47.7 Å². The van der Waals surface area contributed by atoms with Crippen molar-refractivity contribution in [2.75, 3.05) is 12.4 Å². The summed E-state index contributed by atoms with van der Waals surface area (Å²) < 4.78 is 5.91. The van der Waals surface area contributed by atoms with Gasteiger partial charge in [0.25, 0.3) is 0 Å². The molecule has 0 amide bonds. The number of carbonyl (C=O) groups is 1. The average Bonchev–Trinajstić information content (AvgIpc) is 3.20. The number of aromatic carboxylic acids is 1. The van der Waals surface area contributed by atoms with Gasteiger partial charge in [-0.15, -0.1) is 23.1 Å². The third-order valence-electron chi connectivity index (χ3n) is 4.46. The van der Waals surface area contributed by atoms with E-state index in [4.69, 9.17) is 33.7 Å². The van der Waals surface area contributed by atoms with Crippen molar-refractivity contribution in [2.24, 2.45) is 11.8 Å². The van der Waals surface area contributed by atoms with Crippen LogP contribution in [0.2, 0.25) is 5.02 Å². The van der Waals surface area contributed by atoms with Gasteiger partial charge in [-0.3, -0.25) is 0 Å². The molecule has 0 radical (unpaired) electrons. The van der Waals surface area contributed by atoms with E-state index in [1.807, 2.05) is 30.3 Å². The van der Waals surface area contributed by atoms with Gasteiger partial charge in [-0.2, -0.15) is 0 Å². The minimum Gasteiger partial charge on any atom is -0.477 e. The highest BCUT2D eigenvalue weighted by atomic mass is 79.9. The predicted octanol–water partition coefficient (Wildman–Crippen LogP) is 6.18. The first kappa shape index (κ1) is 21.3. The summed E-state index contributed by atoms with van der Waals surface area (Å²) >= 11 is 18.4. The molecule has 1 aromatic carbocycles. The number of thioether (sulfide) groups is 1. The van der Waals surface area contributed by atoms with E-state index < -0.39 is 5.97 Å². The van der Waals surface area contributed by atoms with Crippen LogP contribution in [0.4, 0.5) is 0 Å². The van der Waals surface area contributed by atoms with Gasteiger partial charge < -0.3 is 9.84 Å². The van der Waals surface area contributed by atoms with Crippen molar-refractivity contribution < 1.29 is 14.6 Å². The van der Waals surface area contributed by atoms with Crippen LogP contribution in [0.5, 0.6) is 0 Å². The molecule has 3 nitrogen and oxygen atoms in total. The molecule has 3 atom stereocenters. The minimum absolute atomic E-state index is 0.308. The molecule has 1 aromatic heterocycles. The molecule has 1 saturated carbocycles. The zero-order chi connectivity index (χ0) is 19.4. The molecule has 0 spiro atoms. The second kappa shape index (κ2) is 9.85. The molecule has 1 heterocycles. The van der Waals surface area contributed by atoms with Crippen molar-refractivity contribution in [1.82, 2.24) is 0 Å². The molecule has 8 heteroatoms. The number of benzene rings is 1. The molecule has 1 aliphatic carbocycles. The number of halogens is 2. The number of hydrogen-bond donors (Lipinski definition) is 1. The third-order valence-corrected chi connectivity index (χ3v) is 8.36. The lowest BCUT2D eigenvalue weighted by Crippen LogP contribution is -2.24. The van der Waals surface area contributed by atoms with E-state index in [0.717, 1.165) is 26.9 Å². The van der Waals surface area contributed by atoms with Gasteiger partial charge in [0.2, 0.25) is 0 Å². The van der Waals surface area contributed by atoms with E-state index in [-0.39, 0.29) is 0 Å². The van der Waals surface area contributed by atoms with Crippen LogP contribution in [-0.4, -0.2) is 33.1 Å². The Morgan fingerprint density at radius 3 is 2.74 bits per heavy atom. The summed E-state index contributed by atoms with van der Waals surface area (Å²) in [6.45, 7) is 1.03. The maximum atomic E-state index is 11.0. The van der Waals surface area contributed by atoms with Gasteiger partial charge in [0, 0.05) is 37.2 Å². The van der Waals surface area contributed by atoms with Crippen LogP contribution >= 0.6 is 62.8 Å². The van der Waals surface area contributed by atoms with E-state index >= 15 is 0 Å². The first-order valence-electron chi connectivity index (χ1n) is 8.39. The highest BCUT2D eigenvalue weighted by molar-refractivity contribution is 9.09. The molecule has 3 rings (SSSR count). The number of hydrogen-bond acceptors (Lipinski definition) is 5. The molecule has 1 unspecified atom stereocenters. The SMILES string of the molecule is O=C(O)c1ccc(COC[C@H]2C(Br)CC(=S)[C@@H]2CSc2ccc(Cl)cc2)s1. The lowest BCUT2D eigenvalue weighted by molar-refractivity contribution is 0.0702. The largest absolute Gasteiger partial charge is 0.477 e. The molecule has 1 aliphatic rings. The van der Waals surface area contributed by atoms with E-state index in [1.165, 1.54) is 16.2 Å². The fourth-order valence-corrected chi connectivity index (χ4v) is 6.69. The minimum atomic E-state index is -0.896. The van der Waals surface area contributed by atoms with E-state index in [2.05, 4.69) is 15.9 Å². The van der Waals surface area contributed by atoms with Gasteiger partial charge in [0.05, 0.1) is 13.2 Å². The predicted molar refractivity (Wildman–Crippen MR) is 120 cm³/mol. The number of ether oxygens (including phenoxy) is 1.